The van der Waals surface area contributed by atoms with E-state index in [0.717, 1.165) is 29.8 Å². The number of nitrogens with one attached hydrogen (secondary N) is 2. The van der Waals surface area contributed by atoms with Crippen molar-refractivity contribution >= 4 is 28.8 Å². The van der Waals surface area contributed by atoms with Crippen molar-refractivity contribution in [2.45, 2.75) is 6.42 Å². The normalized spacial score (nSPS) is 10.9. The fourth-order valence-corrected chi connectivity index (χ4v) is 2.26. The van der Waals surface area contributed by atoms with E-state index in [-0.39, 0.29) is 5.91 Å². The third kappa shape index (κ3) is 5.10. The summed E-state index contributed by atoms with van der Waals surface area (Å²) in [5.74, 6) is 0.691. The molecule has 3 aromatic rings. The van der Waals surface area contributed by atoms with Gasteiger partial charge in [-0.1, -0.05) is 18.2 Å². The van der Waals surface area contributed by atoms with Crippen LogP contribution in [0.15, 0.2) is 60.9 Å². The van der Waals surface area contributed by atoms with Crippen molar-refractivity contribution in [1.82, 2.24) is 20.3 Å². The minimum Gasteiger partial charge on any atom is -0.370 e. The van der Waals surface area contributed by atoms with Crippen LogP contribution in [0, 0.1) is 0 Å². The molecule has 6 heteroatoms. The number of aromatic nitrogens is 3. The molecule has 0 aliphatic rings. The lowest BCUT2D eigenvalue weighted by Gasteiger charge is -2.05. The average Bonchev–Trinajstić information content (AvgIpc) is 2.67. The Hall–Kier alpha value is -3.28. The SMILES string of the molecule is O=C(C=Cc1cnc2ccccc2n1)NCCCNc1ccccn1. The van der Waals surface area contributed by atoms with Gasteiger partial charge in [0.1, 0.15) is 5.82 Å². The molecule has 0 saturated heterocycles. The first kappa shape index (κ1) is 16.6. The molecule has 0 unspecified atom stereocenters. The van der Waals surface area contributed by atoms with Gasteiger partial charge >= 0.3 is 0 Å². The molecule has 0 bridgehead atoms. The summed E-state index contributed by atoms with van der Waals surface area (Å²) >= 11 is 0. The van der Waals surface area contributed by atoms with Gasteiger partial charge in [-0.3, -0.25) is 9.78 Å². The fraction of sp³-hybridized carbons (Fsp3) is 0.158. The van der Waals surface area contributed by atoms with Crippen LogP contribution in [0.3, 0.4) is 0 Å². The lowest BCUT2D eigenvalue weighted by Crippen LogP contribution is -2.23. The van der Waals surface area contributed by atoms with Crippen LogP contribution in [-0.4, -0.2) is 33.9 Å². The second-order valence-electron chi connectivity index (χ2n) is 5.40. The third-order valence-electron chi connectivity index (χ3n) is 3.50. The first-order valence-electron chi connectivity index (χ1n) is 8.14. The molecule has 0 aliphatic heterocycles. The maximum absolute atomic E-state index is 11.8. The van der Waals surface area contributed by atoms with E-state index in [9.17, 15) is 4.79 Å². The molecule has 1 amide bonds. The molecular weight excluding hydrogens is 314 g/mol. The monoisotopic (exact) mass is 333 g/mol. The number of hydrogen-bond donors (Lipinski definition) is 2. The van der Waals surface area contributed by atoms with Gasteiger partial charge in [0.05, 0.1) is 22.9 Å². The van der Waals surface area contributed by atoms with E-state index in [2.05, 4.69) is 25.6 Å². The summed E-state index contributed by atoms with van der Waals surface area (Å²) in [4.78, 5) is 24.8. The number of benzene rings is 1. The summed E-state index contributed by atoms with van der Waals surface area (Å²) in [6, 6.07) is 13.3. The van der Waals surface area contributed by atoms with Crippen molar-refractivity contribution < 1.29 is 4.79 Å². The fourth-order valence-electron chi connectivity index (χ4n) is 2.26. The first-order chi connectivity index (χ1) is 12.3. The molecule has 3 rings (SSSR count). The van der Waals surface area contributed by atoms with Crippen molar-refractivity contribution in [2.75, 3.05) is 18.4 Å². The Morgan fingerprint density at radius 2 is 1.84 bits per heavy atom. The number of rotatable bonds is 7. The van der Waals surface area contributed by atoms with E-state index < -0.39 is 0 Å². The maximum Gasteiger partial charge on any atom is 0.244 e. The molecule has 1 aromatic carbocycles. The van der Waals surface area contributed by atoms with Crippen molar-refractivity contribution in [3.05, 3.63) is 66.6 Å². The first-order valence-corrected chi connectivity index (χ1v) is 8.14. The van der Waals surface area contributed by atoms with Crippen molar-refractivity contribution in [1.29, 1.82) is 0 Å². The number of anilines is 1. The zero-order chi connectivity index (χ0) is 17.3. The lowest BCUT2D eigenvalue weighted by atomic mass is 10.3. The van der Waals surface area contributed by atoms with Gasteiger partial charge in [-0.05, 0) is 36.8 Å². The molecule has 2 heterocycles. The highest BCUT2D eigenvalue weighted by Gasteiger charge is 1.98. The van der Waals surface area contributed by atoms with Gasteiger partial charge in [0.25, 0.3) is 0 Å². The maximum atomic E-state index is 11.8. The van der Waals surface area contributed by atoms with Crippen LogP contribution in [-0.2, 0) is 4.79 Å². The Balaban J connectivity index is 1.41. The zero-order valence-electron chi connectivity index (χ0n) is 13.7. The topological polar surface area (TPSA) is 79.8 Å². The van der Waals surface area contributed by atoms with E-state index in [1.807, 2.05) is 42.5 Å². The van der Waals surface area contributed by atoms with Crippen LogP contribution in [0.4, 0.5) is 5.82 Å². The van der Waals surface area contributed by atoms with Crippen LogP contribution >= 0.6 is 0 Å². The van der Waals surface area contributed by atoms with Crippen molar-refractivity contribution in [3.63, 3.8) is 0 Å². The van der Waals surface area contributed by atoms with Crippen molar-refractivity contribution in [3.8, 4) is 0 Å². The molecule has 0 spiro atoms. The number of amides is 1. The van der Waals surface area contributed by atoms with E-state index in [0.29, 0.717) is 12.2 Å². The summed E-state index contributed by atoms with van der Waals surface area (Å²) in [5.41, 5.74) is 2.31. The minimum atomic E-state index is -0.146. The number of nitrogens with zero attached hydrogens (tertiary/aromatic N) is 3. The molecule has 0 fully saturated rings. The summed E-state index contributed by atoms with van der Waals surface area (Å²) in [5, 5.41) is 6.04. The van der Waals surface area contributed by atoms with E-state index in [1.165, 1.54) is 6.08 Å². The number of para-hydroxylation sites is 2. The van der Waals surface area contributed by atoms with Crippen LogP contribution in [0.5, 0.6) is 0 Å². The highest BCUT2D eigenvalue weighted by Crippen LogP contribution is 2.09. The van der Waals surface area contributed by atoms with Gasteiger partial charge in [0.2, 0.25) is 5.91 Å². The Morgan fingerprint density at radius 3 is 2.68 bits per heavy atom. The number of hydrogen-bond acceptors (Lipinski definition) is 5. The third-order valence-corrected chi connectivity index (χ3v) is 3.50. The molecule has 0 atom stereocenters. The Labute approximate surface area is 146 Å². The Bertz CT molecular complexity index is 864. The Morgan fingerprint density at radius 1 is 1.00 bits per heavy atom. The summed E-state index contributed by atoms with van der Waals surface area (Å²) < 4.78 is 0. The van der Waals surface area contributed by atoms with Crippen molar-refractivity contribution in [2.24, 2.45) is 0 Å². The number of pyridine rings is 1. The molecule has 2 aromatic heterocycles. The van der Waals surface area contributed by atoms with Gasteiger partial charge in [0, 0.05) is 25.4 Å². The van der Waals surface area contributed by atoms with Gasteiger partial charge in [-0.15, -0.1) is 0 Å². The highest BCUT2D eigenvalue weighted by atomic mass is 16.1. The van der Waals surface area contributed by atoms with E-state index in [1.54, 1.807) is 18.5 Å². The average molecular weight is 333 g/mol. The van der Waals surface area contributed by atoms with Crippen LogP contribution in [0.1, 0.15) is 12.1 Å². The van der Waals surface area contributed by atoms with Gasteiger partial charge < -0.3 is 10.6 Å². The summed E-state index contributed by atoms with van der Waals surface area (Å²) in [7, 11) is 0. The predicted octanol–water partition coefficient (Wildman–Crippen LogP) is 2.66. The van der Waals surface area contributed by atoms with E-state index >= 15 is 0 Å². The Kier molecular flexibility index (Phi) is 5.66. The predicted molar refractivity (Wildman–Crippen MR) is 98.9 cm³/mol. The molecule has 0 aliphatic carbocycles. The van der Waals surface area contributed by atoms with Crippen LogP contribution < -0.4 is 10.6 Å². The number of fused-ring (bicyclic) bond motifs is 1. The van der Waals surface area contributed by atoms with Crippen LogP contribution in [0.25, 0.3) is 17.1 Å². The van der Waals surface area contributed by atoms with E-state index in [4.69, 9.17) is 0 Å². The quantitative estimate of drug-likeness (QED) is 0.513. The summed E-state index contributed by atoms with van der Waals surface area (Å²) in [6.45, 7) is 1.34. The molecular formula is C19H19N5O. The minimum absolute atomic E-state index is 0.146. The lowest BCUT2D eigenvalue weighted by molar-refractivity contribution is -0.116. The molecule has 25 heavy (non-hydrogen) atoms. The van der Waals surface area contributed by atoms with Crippen LogP contribution in [0.2, 0.25) is 0 Å². The molecule has 126 valence electrons. The van der Waals surface area contributed by atoms with Gasteiger partial charge in [0.15, 0.2) is 0 Å². The standard InChI is InChI=1S/C19H19N5O/c25-19(22-13-5-12-21-18-8-3-4-11-20-18)10-9-15-14-23-16-6-1-2-7-17(16)24-15/h1-4,6-11,14H,5,12-13H2,(H,20,21)(H,22,25). The largest absolute Gasteiger partial charge is 0.370 e. The molecule has 0 radical (unpaired) electrons. The zero-order valence-corrected chi connectivity index (χ0v) is 13.7. The second kappa shape index (κ2) is 8.54. The summed E-state index contributed by atoms with van der Waals surface area (Å²) in [6.07, 6.45) is 7.35. The smallest absolute Gasteiger partial charge is 0.244 e. The molecule has 0 saturated carbocycles. The molecule has 2 N–H and O–H groups in total. The van der Waals surface area contributed by atoms with Gasteiger partial charge in [-0.2, -0.15) is 0 Å². The number of carbonyl (C=O) groups is 1. The second-order valence-corrected chi connectivity index (χ2v) is 5.40. The number of carbonyl (C=O) groups excluding carboxylic acids is 1. The molecule has 6 nitrogen and oxygen atoms in total. The van der Waals surface area contributed by atoms with Gasteiger partial charge in [-0.25, -0.2) is 9.97 Å². The highest BCUT2D eigenvalue weighted by molar-refractivity contribution is 5.91.